The Kier molecular flexibility index (Phi) is 8.40. The van der Waals surface area contributed by atoms with E-state index in [4.69, 9.17) is 27.9 Å². The maximum atomic E-state index is 14.0. The van der Waals surface area contributed by atoms with Crippen molar-refractivity contribution in [1.29, 1.82) is 0 Å². The summed E-state index contributed by atoms with van der Waals surface area (Å²) in [6.45, 7) is 6.28. The molecule has 3 aromatic rings. The molecule has 0 radical (unpaired) electrons. The topological polar surface area (TPSA) is 132 Å². The van der Waals surface area contributed by atoms with Gasteiger partial charge in [-0.25, -0.2) is 8.42 Å². The van der Waals surface area contributed by atoms with Crippen LogP contribution in [0.2, 0.25) is 10.0 Å². The summed E-state index contributed by atoms with van der Waals surface area (Å²) in [5, 5.41) is 4.12. The van der Waals surface area contributed by atoms with E-state index < -0.39 is 27.5 Å². The van der Waals surface area contributed by atoms with E-state index in [1.54, 1.807) is 15.9 Å². The van der Waals surface area contributed by atoms with Crippen molar-refractivity contribution in [2.75, 3.05) is 32.8 Å². The smallest absolute Gasteiger partial charge is 0.268 e. The van der Waals surface area contributed by atoms with Gasteiger partial charge in [0, 0.05) is 35.6 Å². The first-order chi connectivity index (χ1) is 21.3. The number of fused-ring (bicyclic) bond motifs is 3. The molecule has 3 aliphatic rings. The lowest BCUT2D eigenvalue weighted by atomic mass is 9.85. The van der Waals surface area contributed by atoms with Crippen molar-refractivity contribution in [3.8, 4) is 0 Å². The molecule has 6 rings (SSSR count). The van der Waals surface area contributed by atoms with Gasteiger partial charge >= 0.3 is 0 Å². The summed E-state index contributed by atoms with van der Waals surface area (Å²) in [5.74, 6) is -0.961. The van der Waals surface area contributed by atoms with E-state index in [-0.39, 0.29) is 72.6 Å². The maximum absolute atomic E-state index is 14.0. The Bertz CT molecular complexity index is 1740. The number of aromatic nitrogens is 1. The Hall–Kier alpha value is -3.16. The second-order valence-corrected chi connectivity index (χ2v) is 15.6. The molecule has 3 saturated heterocycles. The second kappa shape index (κ2) is 11.9. The molecular formula is C31H35Cl2N5O6S. The van der Waals surface area contributed by atoms with Crippen molar-refractivity contribution in [2.24, 2.45) is 5.41 Å². The molecule has 3 amide bonds. The van der Waals surface area contributed by atoms with Crippen molar-refractivity contribution in [3.05, 3.63) is 64.3 Å². The van der Waals surface area contributed by atoms with Crippen LogP contribution in [0, 0.1) is 5.41 Å². The van der Waals surface area contributed by atoms with E-state index in [1.165, 1.54) is 18.2 Å². The number of para-hydroxylation sites is 1. The van der Waals surface area contributed by atoms with Gasteiger partial charge in [-0.2, -0.15) is 4.31 Å². The Balaban J connectivity index is 1.16. The van der Waals surface area contributed by atoms with Gasteiger partial charge in [0.2, 0.25) is 21.8 Å². The fourth-order valence-corrected chi connectivity index (χ4v) is 8.80. The molecule has 2 aromatic carbocycles. The molecule has 240 valence electrons. The lowest BCUT2D eigenvalue weighted by Gasteiger charge is -2.41. The SMILES string of the molecule is CC(C)(C)[C@H](NC(=O)c1cc2ccccc2[nH]1)C(=O)N1C[C@@H]2C[C@H]1CN2C(=O)[C@@H]1COCCN1S(=O)(=O)c1ccc(Cl)cc1Cl. The van der Waals surface area contributed by atoms with Crippen molar-refractivity contribution in [3.63, 3.8) is 0 Å². The predicted octanol–water partition coefficient (Wildman–Crippen LogP) is 3.52. The third-order valence-electron chi connectivity index (χ3n) is 8.81. The van der Waals surface area contributed by atoms with Gasteiger partial charge in [-0.1, -0.05) is 62.2 Å². The molecule has 2 N–H and O–H groups in total. The molecule has 0 aliphatic carbocycles. The number of benzene rings is 2. The minimum absolute atomic E-state index is 0.00637. The fourth-order valence-electron chi connectivity index (χ4n) is 6.50. The third kappa shape index (κ3) is 5.94. The Morgan fingerprint density at radius 1 is 1.02 bits per heavy atom. The highest BCUT2D eigenvalue weighted by atomic mass is 35.5. The zero-order valence-electron chi connectivity index (χ0n) is 25.1. The van der Waals surface area contributed by atoms with Crippen molar-refractivity contribution in [2.45, 2.75) is 56.3 Å². The minimum atomic E-state index is -4.13. The summed E-state index contributed by atoms with van der Waals surface area (Å²) in [6.07, 6.45) is 0.563. The summed E-state index contributed by atoms with van der Waals surface area (Å²) in [5.41, 5.74) is 0.605. The molecule has 2 bridgehead atoms. The molecule has 14 heteroatoms. The molecule has 0 saturated carbocycles. The van der Waals surface area contributed by atoms with Gasteiger partial charge in [0.05, 0.1) is 30.3 Å². The molecule has 11 nitrogen and oxygen atoms in total. The number of carbonyl (C=O) groups excluding carboxylic acids is 3. The van der Waals surface area contributed by atoms with E-state index >= 15 is 0 Å². The van der Waals surface area contributed by atoms with Crippen molar-refractivity contribution < 1.29 is 27.5 Å². The summed E-state index contributed by atoms with van der Waals surface area (Å²) in [6, 6.07) is 11.0. The number of H-pyrrole nitrogens is 1. The normalized spacial score (nSPS) is 23.0. The number of nitrogens with one attached hydrogen (secondary N) is 2. The van der Waals surface area contributed by atoms with Crippen LogP contribution in [0.4, 0.5) is 0 Å². The third-order valence-corrected chi connectivity index (χ3v) is 11.4. The molecule has 1 aromatic heterocycles. The van der Waals surface area contributed by atoms with Gasteiger partial charge in [-0.3, -0.25) is 14.4 Å². The molecule has 45 heavy (non-hydrogen) atoms. The number of likely N-dealkylation sites (tertiary alicyclic amines) is 2. The average molecular weight is 677 g/mol. The number of hydrogen-bond donors (Lipinski definition) is 2. The zero-order chi connectivity index (χ0) is 32.3. The van der Waals surface area contributed by atoms with Crippen LogP contribution < -0.4 is 5.32 Å². The molecule has 4 atom stereocenters. The number of sulfonamides is 1. The molecule has 3 fully saturated rings. The van der Waals surface area contributed by atoms with Crippen LogP contribution in [-0.2, 0) is 24.3 Å². The van der Waals surface area contributed by atoms with Crippen LogP contribution >= 0.6 is 23.2 Å². The van der Waals surface area contributed by atoms with Crippen molar-refractivity contribution in [1.82, 2.24) is 24.4 Å². The van der Waals surface area contributed by atoms with Crippen LogP contribution in [-0.4, -0.2) is 102 Å². The molecular weight excluding hydrogens is 641 g/mol. The van der Waals surface area contributed by atoms with E-state index in [1.807, 2.05) is 45.0 Å². The largest absolute Gasteiger partial charge is 0.378 e. The first-order valence-electron chi connectivity index (χ1n) is 14.8. The fraction of sp³-hybridized carbons (Fsp3) is 0.452. The number of aromatic amines is 1. The average Bonchev–Trinajstić information content (AvgIpc) is 3.73. The quantitative estimate of drug-likeness (QED) is 0.411. The maximum Gasteiger partial charge on any atom is 0.268 e. The highest BCUT2D eigenvalue weighted by Crippen LogP contribution is 2.36. The highest BCUT2D eigenvalue weighted by Gasteiger charge is 2.52. The number of piperazine rings is 1. The van der Waals surface area contributed by atoms with Crippen LogP contribution in [0.1, 0.15) is 37.7 Å². The Morgan fingerprint density at radius 2 is 1.73 bits per heavy atom. The summed E-state index contributed by atoms with van der Waals surface area (Å²) in [4.78, 5) is 47.5. The standard InChI is InChI=1S/C31H35Cl2N5O6S/c1-31(2,3)27(35-28(39)24-12-18-6-4-5-7-23(18)34-24)30(41)37-16-20-14-21(37)15-36(20)29(40)25-17-44-11-10-38(25)45(42,43)26-9-8-19(32)13-22(26)33/h4-9,12-13,20-21,25,27,34H,10-11,14-17H2,1-3H3,(H,35,39)/t20-,21-,25-,27+/m0/s1. The summed E-state index contributed by atoms with van der Waals surface area (Å²) >= 11 is 12.2. The number of carbonyl (C=O) groups is 3. The number of halogens is 2. The van der Waals surface area contributed by atoms with Gasteiger partial charge in [0.25, 0.3) is 5.91 Å². The zero-order valence-corrected chi connectivity index (χ0v) is 27.5. The van der Waals surface area contributed by atoms with Crippen LogP contribution in [0.15, 0.2) is 53.4 Å². The van der Waals surface area contributed by atoms with Gasteiger partial charge in [0.1, 0.15) is 22.7 Å². The summed E-state index contributed by atoms with van der Waals surface area (Å²) < 4.78 is 34.0. The monoisotopic (exact) mass is 675 g/mol. The van der Waals surface area contributed by atoms with Gasteiger partial charge in [0.15, 0.2) is 0 Å². The summed E-state index contributed by atoms with van der Waals surface area (Å²) in [7, 11) is -4.13. The van der Waals surface area contributed by atoms with Crippen LogP contribution in [0.25, 0.3) is 10.9 Å². The van der Waals surface area contributed by atoms with Gasteiger partial charge < -0.3 is 24.8 Å². The van der Waals surface area contributed by atoms with Crippen LogP contribution in [0.5, 0.6) is 0 Å². The second-order valence-electron chi connectivity index (χ2n) is 12.8. The van der Waals surface area contributed by atoms with E-state index in [2.05, 4.69) is 10.3 Å². The number of ether oxygens (including phenoxy) is 1. The lowest BCUT2D eigenvalue weighted by molar-refractivity contribution is -0.146. The van der Waals surface area contributed by atoms with Gasteiger partial charge in [-0.05, 0) is 42.2 Å². The molecule has 0 unspecified atom stereocenters. The van der Waals surface area contributed by atoms with Gasteiger partial charge in [-0.15, -0.1) is 0 Å². The number of nitrogens with zero attached hydrogens (tertiary/aromatic N) is 3. The highest BCUT2D eigenvalue weighted by molar-refractivity contribution is 7.89. The number of amides is 3. The Morgan fingerprint density at radius 3 is 2.40 bits per heavy atom. The van der Waals surface area contributed by atoms with E-state index in [9.17, 15) is 22.8 Å². The number of rotatable bonds is 6. The lowest BCUT2D eigenvalue weighted by Crippen LogP contribution is -2.62. The van der Waals surface area contributed by atoms with Crippen LogP contribution in [0.3, 0.4) is 0 Å². The first-order valence-corrected chi connectivity index (χ1v) is 17.0. The first kappa shape index (κ1) is 31.8. The Labute approximate surface area is 271 Å². The minimum Gasteiger partial charge on any atom is -0.378 e. The van der Waals surface area contributed by atoms with Crippen molar-refractivity contribution >= 4 is 61.8 Å². The van der Waals surface area contributed by atoms with E-state index in [0.717, 1.165) is 15.2 Å². The predicted molar refractivity (Wildman–Crippen MR) is 170 cm³/mol. The molecule has 0 spiro atoms. The molecule has 4 heterocycles. The van der Waals surface area contributed by atoms with E-state index in [0.29, 0.717) is 17.1 Å². The number of hydrogen-bond acceptors (Lipinski definition) is 6. The number of morpholine rings is 1. The molecule has 3 aliphatic heterocycles.